The molecule has 0 fully saturated rings. The van der Waals surface area contributed by atoms with E-state index in [1.807, 2.05) is 48.5 Å². The van der Waals surface area contributed by atoms with Crippen molar-refractivity contribution < 1.29 is 4.52 Å². The Hall–Kier alpha value is -3.16. The standard InChI is InChI=1S/C17H21N7O/c1-12-21-15(23-25-12)10-20-17(18-2)24(3)11-16-19-9-14(22-16)13-7-5-4-6-8-13/h4-9H,10-11H2,1-3H3,(H,18,20)(H,19,22). The van der Waals surface area contributed by atoms with Gasteiger partial charge >= 0.3 is 0 Å². The maximum absolute atomic E-state index is 4.96. The molecule has 0 saturated heterocycles. The van der Waals surface area contributed by atoms with E-state index >= 15 is 0 Å². The number of guanidine groups is 1. The van der Waals surface area contributed by atoms with Gasteiger partial charge in [-0.25, -0.2) is 4.98 Å². The van der Waals surface area contributed by atoms with E-state index in [4.69, 9.17) is 4.52 Å². The van der Waals surface area contributed by atoms with Crippen molar-refractivity contribution in [2.45, 2.75) is 20.0 Å². The number of hydrogen-bond donors (Lipinski definition) is 2. The molecule has 0 aliphatic rings. The second-order valence-corrected chi connectivity index (χ2v) is 5.60. The topological polar surface area (TPSA) is 95.2 Å². The third-order valence-electron chi connectivity index (χ3n) is 3.65. The first-order valence-electron chi connectivity index (χ1n) is 7.96. The largest absolute Gasteiger partial charge is 0.349 e. The Labute approximate surface area is 146 Å². The minimum absolute atomic E-state index is 0.446. The number of rotatable bonds is 5. The van der Waals surface area contributed by atoms with Gasteiger partial charge in [-0.1, -0.05) is 35.5 Å². The van der Waals surface area contributed by atoms with Gasteiger partial charge in [-0.3, -0.25) is 4.99 Å². The van der Waals surface area contributed by atoms with Gasteiger partial charge in [-0.15, -0.1) is 0 Å². The van der Waals surface area contributed by atoms with Crippen LogP contribution in [0.2, 0.25) is 0 Å². The van der Waals surface area contributed by atoms with Crippen LogP contribution < -0.4 is 5.32 Å². The van der Waals surface area contributed by atoms with Gasteiger partial charge in [-0.2, -0.15) is 4.98 Å². The first-order valence-corrected chi connectivity index (χ1v) is 7.96. The number of imidazole rings is 1. The van der Waals surface area contributed by atoms with Crippen LogP contribution in [-0.2, 0) is 13.1 Å². The number of aromatic amines is 1. The number of nitrogens with zero attached hydrogens (tertiary/aromatic N) is 5. The Morgan fingerprint density at radius 2 is 2.12 bits per heavy atom. The highest BCUT2D eigenvalue weighted by atomic mass is 16.5. The monoisotopic (exact) mass is 339 g/mol. The maximum Gasteiger partial charge on any atom is 0.223 e. The van der Waals surface area contributed by atoms with Crippen molar-refractivity contribution in [3.63, 3.8) is 0 Å². The van der Waals surface area contributed by atoms with Crippen molar-refractivity contribution in [1.29, 1.82) is 0 Å². The summed E-state index contributed by atoms with van der Waals surface area (Å²) in [6, 6.07) is 10.1. The molecule has 130 valence electrons. The van der Waals surface area contributed by atoms with Crippen LogP contribution in [0.25, 0.3) is 11.3 Å². The zero-order valence-electron chi connectivity index (χ0n) is 14.5. The first kappa shape index (κ1) is 16.7. The number of hydrogen-bond acceptors (Lipinski definition) is 5. The summed E-state index contributed by atoms with van der Waals surface area (Å²) in [6.07, 6.45) is 1.84. The summed E-state index contributed by atoms with van der Waals surface area (Å²) >= 11 is 0. The molecule has 0 bridgehead atoms. The van der Waals surface area contributed by atoms with Crippen LogP contribution in [0.1, 0.15) is 17.5 Å². The normalized spacial score (nSPS) is 11.6. The van der Waals surface area contributed by atoms with Crippen LogP contribution in [-0.4, -0.2) is 45.1 Å². The van der Waals surface area contributed by atoms with E-state index in [-0.39, 0.29) is 0 Å². The molecular formula is C17H21N7O. The molecule has 3 aromatic rings. The molecule has 2 heterocycles. The SMILES string of the molecule is CN=C(NCc1noc(C)n1)N(C)Cc1ncc(-c2ccccc2)[nH]1. The van der Waals surface area contributed by atoms with Gasteiger partial charge in [0.2, 0.25) is 5.89 Å². The minimum atomic E-state index is 0.446. The summed E-state index contributed by atoms with van der Waals surface area (Å²) in [5.74, 6) is 2.72. The highest BCUT2D eigenvalue weighted by molar-refractivity contribution is 5.79. The third-order valence-corrected chi connectivity index (χ3v) is 3.65. The number of benzene rings is 1. The number of aliphatic imine (C=N–C) groups is 1. The second-order valence-electron chi connectivity index (χ2n) is 5.60. The van der Waals surface area contributed by atoms with Crippen molar-refractivity contribution in [2.24, 2.45) is 4.99 Å². The maximum atomic E-state index is 4.96. The van der Waals surface area contributed by atoms with Gasteiger partial charge in [0.1, 0.15) is 5.82 Å². The summed E-state index contributed by atoms with van der Waals surface area (Å²) in [7, 11) is 3.68. The number of H-pyrrole nitrogens is 1. The van der Waals surface area contributed by atoms with E-state index in [0.717, 1.165) is 23.0 Å². The second kappa shape index (κ2) is 7.61. The predicted octanol–water partition coefficient (Wildman–Crippen LogP) is 1.98. The van der Waals surface area contributed by atoms with Crippen molar-refractivity contribution in [3.8, 4) is 11.3 Å². The lowest BCUT2D eigenvalue weighted by Crippen LogP contribution is -2.38. The molecule has 0 amide bonds. The fourth-order valence-electron chi connectivity index (χ4n) is 2.46. The van der Waals surface area contributed by atoms with Crippen LogP contribution in [0.3, 0.4) is 0 Å². The van der Waals surface area contributed by atoms with Gasteiger partial charge in [0.15, 0.2) is 11.8 Å². The molecule has 1 aromatic carbocycles. The minimum Gasteiger partial charge on any atom is -0.349 e. The molecule has 8 nitrogen and oxygen atoms in total. The van der Waals surface area contributed by atoms with Crippen LogP contribution in [0.4, 0.5) is 0 Å². The first-order chi connectivity index (χ1) is 12.2. The Bertz CT molecular complexity index is 838. The molecule has 0 spiro atoms. The zero-order chi connectivity index (χ0) is 17.6. The van der Waals surface area contributed by atoms with Crippen LogP contribution in [0.15, 0.2) is 46.0 Å². The molecule has 2 aromatic heterocycles. The Balaban J connectivity index is 1.60. The van der Waals surface area contributed by atoms with E-state index in [1.165, 1.54) is 0 Å². The lowest BCUT2D eigenvalue weighted by molar-refractivity contribution is 0.386. The van der Waals surface area contributed by atoms with Crippen molar-refractivity contribution in [3.05, 3.63) is 54.1 Å². The fourth-order valence-corrected chi connectivity index (χ4v) is 2.46. The molecule has 25 heavy (non-hydrogen) atoms. The summed E-state index contributed by atoms with van der Waals surface area (Å²) in [6.45, 7) is 2.80. The van der Waals surface area contributed by atoms with Crippen LogP contribution in [0, 0.1) is 6.92 Å². The highest BCUT2D eigenvalue weighted by Crippen LogP contribution is 2.16. The average Bonchev–Trinajstić information content (AvgIpc) is 3.25. The van der Waals surface area contributed by atoms with Gasteiger partial charge in [-0.05, 0) is 5.56 Å². The van der Waals surface area contributed by atoms with E-state index in [0.29, 0.717) is 24.8 Å². The fraction of sp³-hybridized carbons (Fsp3) is 0.294. The number of aromatic nitrogens is 4. The number of nitrogens with one attached hydrogen (secondary N) is 2. The predicted molar refractivity (Wildman–Crippen MR) is 94.7 cm³/mol. The van der Waals surface area contributed by atoms with Gasteiger partial charge in [0.25, 0.3) is 0 Å². The molecular weight excluding hydrogens is 318 g/mol. The molecule has 8 heteroatoms. The zero-order valence-corrected chi connectivity index (χ0v) is 14.5. The molecule has 0 atom stereocenters. The average molecular weight is 339 g/mol. The van der Waals surface area contributed by atoms with E-state index in [9.17, 15) is 0 Å². The molecule has 0 radical (unpaired) electrons. The quantitative estimate of drug-likeness (QED) is 0.545. The van der Waals surface area contributed by atoms with Crippen LogP contribution >= 0.6 is 0 Å². The Kier molecular flexibility index (Phi) is 5.08. The molecule has 0 aliphatic carbocycles. The Morgan fingerprint density at radius 1 is 1.32 bits per heavy atom. The molecule has 3 rings (SSSR count). The summed E-state index contributed by atoms with van der Waals surface area (Å²) in [4.78, 5) is 18.2. The third kappa shape index (κ3) is 4.23. The molecule has 2 N–H and O–H groups in total. The van der Waals surface area contributed by atoms with E-state index < -0.39 is 0 Å². The Morgan fingerprint density at radius 3 is 2.80 bits per heavy atom. The highest BCUT2D eigenvalue weighted by Gasteiger charge is 2.11. The van der Waals surface area contributed by atoms with Crippen LogP contribution in [0.5, 0.6) is 0 Å². The summed E-state index contributed by atoms with van der Waals surface area (Å²) in [5, 5.41) is 7.07. The summed E-state index contributed by atoms with van der Waals surface area (Å²) in [5.41, 5.74) is 2.10. The molecule has 0 aliphatic heterocycles. The molecule has 0 unspecified atom stereocenters. The lowest BCUT2D eigenvalue weighted by Gasteiger charge is -2.20. The number of aryl methyl sites for hydroxylation is 1. The van der Waals surface area contributed by atoms with Gasteiger partial charge in [0.05, 0.1) is 25.0 Å². The van der Waals surface area contributed by atoms with Crippen molar-refractivity contribution >= 4 is 5.96 Å². The lowest BCUT2D eigenvalue weighted by atomic mass is 10.2. The van der Waals surface area contributed by atoms with Crippen molar-refractivity contribution in [2.75, 3.05) is 14.1 Å². The summed E-state index contributed by atoms with van der Waals surface area (Å²) < 4.78 is 4.96. The van der Waals surface area contributed by atoms with Crippen molar-refractivity contribution in [1.82, 2.24) is 30.3 Å². The smallest absolute Gasteiger partial charge is 0.223 e. The van der Waals surface area contributed by atoms with Gasteiger partial charge < -0.3 is 19.7 Å². The van der Waals surface area contributed by atoms with E-state index in [2.05, 4.69) is 30.4 Å². The molecule has 0 saturated carbocycles. The van der Waals surface area contributed by atoms with Gasteiger partial charge in [0, 0.05) is 21.0 Å². The van der Waals surface area contributed by atoms with E-state index in [1.54, 1.807) is 14.0 Å².